The van der Waals surface area contributed by atoms with Crippen molar-refractivity contribution in [1.82, 2.24) is 20.6 Å². The lowest BCUT2D eigenvalue weighted by atomic mass is 9.72. The Morgan fingerprint density at radius 2 is 1.88 bits per heavy atom. The molecule has 0 saturated carbocycles. The van der Waals surface area contributed by atoms with Gasteiger partial charge in [-0.05, 0) is 54.5 Å². The third-order valence-electron chi connectivity index (χ3n) is 10.9. The first-order valence-electron chi connectivity index (χ1n) is 17.4. The van der Waals surface area contributed by atoms with Crippen molar-refractivity contribution in [3.63, 3.8) is 0 Å². The van der Waals surface area contributed by atoms with Crippen LogP contribution in [0.4, 0.5) is 5.69 Å². The average Bonchev–Trinajstić information content (AvgIpc) is 3.91. The van der Waals surface area contributed by atoms with Crippen LogP contribution in [-0.2, 0) is 27.8 Å². The van der Waals surface area contributed by atoms with Gasteiger partial charge in [0.1, 0.15) is 28.8 Å². The summed E-state index contributed by atoms with van der Waals surface area (Å²) in [6.07, 6.45) is 4.24. The number of hydrogen-bond acceptors (Lipinski definition) is 9. The Labute approximate surface area is 293 Å². The monoisotopic (exact) mass is 681 g/mol. The highest BCUT2D eigenvalue weighted by atomic mass is 16.5. The summed E-state index contributed by atoms with van der Waals surface area (Å²) in [6, 6.07) is 16.8. The van der Waals surface area contributed by atoms with Crippen molar-refractivity contribution in [3.05, 3.63) is 112 Å². The van der Waals surface area contributed by atoms with Crippen molar-refractivity contribution < 1.29 is 28.3 Å². The fourth-order valence-electron chi connectivity index (χ4n) is 8.44. The molecule has 0 fully saturated rings. The molecule has 3 aromatic carbocycles. The number of aliphatic hydroxyl groups is 1. The molecule has 1 spiro atoms. The van der Waals surface area contributed by atoms with E-state index in [2.05, 4.69) is 58.4 Å². The van der Waals surface area contributed by atoms with Gasteiger partial charge in [-0.25, -0.2) is 9.97 Å². The molecule has 51 heavy (non-hydrogen) atoms. The van der Waals surface area contributed by atoms with Gasteiger partial charge in [0.2, 0.25) is 17.7 Å². The number of allylic oxidation sites excluding steroid dienone is 1. The van der Waals surface area contributed by atoms with Crippen LogP contribution in [0.25, 0.3) is 28.3 Å². The molecule has 4 atom stereocenters. The second kappa shape index (κ2) is 10.2. The Hall–Kier alpha value is -5.68. The maximum atomic E-state index is 14.1. The van der Waals surface area contributed by atoms with E-state index in [0.29, 0.717) is 28.9 Å². The van der Waals surface area contributed by atoms with Gasteiger partial charge in [-0.2, -0.15) is 0 Å². The second-order valence-electron chi connectivity index (χ2n) is 14.9. The van der Waals surface area contributed by atoms with Crippen molar-refractivity contribution in [3.8, 4) is 28.5 Å². The molecule has 256 valence electrons. The Balaban J connectivity index is 1.29. The smallest absolute Gasteiger partial charge is 0.252 e. The molecule has 11 nitrogen and oxygen atoms in total. The summed E-state index contributed by atoms with van der Waals surface area (Å²) in [5.41, 5.74) is 6.57. The Morgan fingerprint density at radius 3 is 2.71 bits per heavy atom. The van der Waals surface area contributed by atoms with E-state index in [9.17, 15) is 14.7 Å². The first kappa shape index (κ1) is 30.2. The van der Waals surface area contributed by atoms with E-state index in [1.807, 2.05) is 32.0 Å². The SMILES string of the molecule is CC(C)[C@@H]1NC(=O)C(NC(=O)C(C)(C)O)Cc2ccc3c(c2)C24c5cccc(c5N[C@H]2O3)-c2cccc3c2C(=CC3)c2cnc(o2)-c2nc1oc24. The number of nitrogens with zero attached hydrogens (tertiary/aromatic N) is 2. The number of ether oxygens (including phenoxy) is 1. The molecule has 10 rings (SSSR count). The number of para-hydroxylation sites is 1. The van der Waals surface area contributed by atoms with E-state index in [4.69, 9.17) is 23.5 Å². The van der Waals surface area contributed by atoms with E-state index in [1.54, 1.807) is 6.20 Å². The molecule has 6 heterocycles. The summed E-state index contributed by atoms with van der Waals surface area (Å²) < 4.78 is 20.4. The van der Waals surface area contributed by atoms with Crippen LogP contribution in [0.5, 0.6) is 5.75 Å². The number of oxazole rings is 2. The minimum Gasteiger partial charge on any atom is -0.469 e. The minimum atomic E-state index is -1.69. The Kier molecular flexibility index (Phi) is 6.03. The molecule has 1 aliphatic carbocycles. The fourth-order valence-corrected chi connectivity index (χ4v) is 8.44. The quantitative estimate of drug-likeness (QED) is 0.196. The van der Waals surface area contributed by atoms with Gasteiger partial charge in [0.05, 0.1) is 6.20 Å². The summed E-state index contributed by atoms with van der Waals surface area (Å²) in [6.45, 7) is 6.72. The molecule has 4 aliphatic heterocycles. The molecule has 2 amide bonds. The highest BCUT2D eigenvalue weighted by molar-refractivity contribution is 5.97. The van der Waals surface area contributed by atoms with Crippen LogP contribution in [0.3, 0.4) is 0 Å². The molecule has 2 unspecified atom stereocenters. The lowest BCUT2D eigenvalue weighted by Crippen LogP contribution is -2.54. The number of benzene rings is 3. The molecule has 0 radical (unpaired) electrons. The third kappa shape index (κ3) is 4.09. The van der Waals surface area contributed by atoms with Crippen LogP contribution >= 0.6 is 0 Å². The summed E-state index contributed by atoms with van der Waals surface area (Å²) in [7, 11) is 0. The normalized spacial score (nSPS) is 23.2. The molecule has 11 heteroatoms. The predicted octanol–water partition coefficient (Wildman–Crippen LogP) is 5.40. The number of carbonyl (C=O) groups is 2. The topological polar surface area (TPSA) is 152 Å². The van der Waals surface area contributed by atoms with Gasteiger partial charge >= 0.3 is 0 Å². The highest BCUT2D eigenvalue weighted by Gasteiger charge is 2.61. The first-order chi connectivity index (χ1) is 24.5. The Bertz CT molecular complexity index is 2380. The lowest BCUT2D eigenvalue weighted by molar-refractivity contribution is -0.139. The zero-order valence-electron chi connectivity index (χ0n) is 28.5. The lowest BCUT2D eigenvalue weighted by Gasteiger charge is -2.29. The zero-order valence-corrected chi connectivity index (χ0v) is 28.5. The minimum absolute atomic E-state index is 0.164. The van der Waals surface area contributed by atoms with Crippen LogP contribution < -0.4 is 20.7 Å². The van der Waals surface area contributed by atoms with Gasteiger partial charge in [-0.3, -0.25) is 9.59 Å². The summed E-state index contributed by atoms with van der Waals surface area (Å²) in [4.78, 5) is 37.1. The maximum Gasteiger partial charge on any atom is 0.252 e. The number of carbonyl (C=O) groups excluding carboxylic acids is 2. The third-order valence-corrected chi connectivity index (χ3v) is 10.9. The second-order valence-corrected chi connectivity index (χ2v) is 14.9. The van der Waals surface area contributed by atoms with Gasteiger partial charge in [-0.15, -0.1) is 0 Å². The molecular formula is C40H35N5O6. The van der Waals surface area contributed by atoms with E-state index in [-0.39, 0.29) is 18.2 Å². The standard InChI is InChI=1S/C40H35N5O6/c1-18(2)30-36-44-32-33(51-36)40-24-10-6-9-22(21-8-5-7-20-12-13-23(29(20)21)28-17-41-35(32)49-28)31(24)45-38(40)50-27-14-11-19(15-25(27)40)16-26(34(46)43-30)42-37(47)39(3,4)48/h5-11,13-15,17-18,26,30,38,45,48H,12,16H2,1-4H3,(H,42,47)(H,43,46)/t26?,30-,38-,40?/m0/s1. The first-order valence-corrected chi connectivity index (χ1v) is 17.4. The molecule has 5 aromatic rings. The van der Waals surface area contributed by atoms with Crippen molar-refractivity contribution in [2.75, 3.05) is 5.32 Å². The molecule has 4 N–H and O–H groups in total. The molecule has 2 aromatic heterocycles. The van der Waals surface area contributed by atoms with E-state index < -0.39 is 41.1 Å². The van der Waals surface area contributed by atoms with Crippen molar-refractivity contribution in [2.45, 2.75) is 69.9 Å². The average molecular weight is 682 g/mol. The molecule has 5 aliphatic rings. The number of amides is 2. The van der Waals surface area contributed by atoms with Crippen LogP contribution in [0.15, 0.2) is 75.7 Å². The molecule has 0 saturated heterocycles. The van der Waals surface area contributed by atoms with Crippen LogP contribution in [0, 0.1) is 5.92 Å². The van der Waals surface area contributed by atoms with Crippen LogP contribution in [-0.4, -0.2) is 44.8 Å². The summed E-state index contributed by atoms with van der Waals surface area (Å²) in [5.74, 6) is 1.10. The van der Waals surface area contributed by atoms with E-state index in [1.165, 1.54) is 19.4 Å². The number of hydrogen-bond donors (Lipinski definition) is 4. The molecule has 10 bridgehead atoms. The van der Waals surface area contributed by atoms with E-state index in [0.717, 1.165) is 51.1 Å². The maximum absolute atomic E-state index is 14.1. The number of anilines is 1. The van der Waals surface area contributed by atoms with Crippen molar-refractivity contribution in [2.24, 2.45) is 5.92 Å². The highest BCUT2D eigenvalue weighted by Crippen LogP contribution is 2.61. The zero-order chi connectivity index (χ0) is 35.0. The number of fused-ring (bicyclic) bond motifs is 7. The molecular weight excluding hydrogens is 646 g/mol. The van der Waals surface area contributed by atoms with Gasteiger partial charge < -0.3 is 34.6 Å². The van der Waals surface area contributed by atoms with Crippen LogP contribution in [0.2, 0.25) is 0 Å². The fraction of sp³-hybridized carbons (Fsp3) is 0.300. The predicted molar refractivity (Wildman–Crippen MR) is 187 cm³/mol. The van der Waals surface area contributed by atoms with Gasteiger partial charge in [-0.1, -0.05) is 68.5 Å². The Morgan fingerprint density at radius 1 is 1.06 bits per heavy atom. The van der Waals surface area contributed by atoms with E-state index >= 15 is 0 Å². The largest absolute Gasteiger partial charge is 0.469 e. The van der Waals surface area contributed by atoms with Gasteiger partial charge in [0.15, 0.2) is 23.4 Å². The summed E-state index contributed by atoms with van der Waals surface area (Å²) >= 11 is 0. The number of rotatable bonds is 3. The van der Waals surface area contributed by atoms with Crippen LogP contribution in [0.1, 0.15) is 79.0 Å². The summed E-state index contributed by atoms with van der Waals surface area (Å²) in [5, 5.41) is 20.2. The van der Waals surface area contributed by atoms with Gasteiger partial charge in [0.25, 0.3) is 5.91 Å². The number of nitrogens with one attached hydrogen (secondary N) is 3. The van der Waals surface area contributed by atoms with Crippen molar-refractivity contribution in [1.29, 1.82) is 0 Å². The van der Waals surface area contributed by atoms with Gasteiger partial charge in [0, 0.05) is 34.4 Å². The number of aromatic nitrogens is 2. The van der Waals surface area contributed by atoms with Crippen molar-refractivity contribution >= 4 is 23.1 Å².